The summed E-state index contributed by atoms with van der Waals surface area (Å²) in [6.45, 7) is 4.20. The lowest BCUT2D eigenvalue weighted by Gasteiger charge is -2.33. The maximum atomic E-state index is 14.3. The van der Waals surface area contributed by atoms with Gasteiger partial charge in [0, 0.05) is 38.8 Å². The Bertz CT molecular complexity index is 829. The van der Waals surface area contributed by atoms with Crippen LogP contribution in [0.25, 0.3) is 5.57 Å². The second kappa shape index (κ2) is 7.56. The summed E-state index contributed by atoms with van der Waals surface area (Å²) in [6.07, 6.45) is 4.50. The molecule has 0 spiro atoms. The van der Waals surface area contributed by atoms with Gasteiger partial charge < -0.3 is 19.9 Å². The van der Waals surface area contributed by atoms with E-state index in [4.69, 9.17) is 4.74 Å². The van der Waals surface area contributed by atoms with Crippen LogP contribution in [0.4, 0.5) is 10.1 Å². The van der Waals surface area contributed by atoms with Crippen molar-refractivity contribution in [1.29, 1.82) is 0 Å². The number of ether oxygens (including phenoxy) is 1. The lowest BCUT2D eigenvalue weighted by atomic mass is 9.99. The van der Waals surface area contributed by atoms with Crippen molar-refractivity contribution in [2.75, 3.05) is 45.2 Å². The third-order valence-corrected chi connectivity index (χ3v) is 5.40. The van der Waals surface area contributed by atoms with Crippen molar-refractivity contribution in [2.45, 2.75) is 12.5 Å². The van der Waals surface area contributed by atoms with Crippen LogP contribution in [0.1, 0.15) is 23.7 Å². The largest absolute Gasteiger partial charge is 0.496 e. The summed E-state index contributed by atoms with van der Waals surface area (Å²) in [6, 6.07) is 9.17. The van der Waals surface area contributed by atoms with E-state index in [1.54, 1.807) is 19.2 Å². The average Bonchev–Trinajstić information content (AvgIpc) is 3.18. The number of methoxy groups -OCH3 is 1. The molecule has 6 heteroatoms. The SMILES string of the molecule is COc1cccc(F)c1C1=CNC(c2ccc(N3CCN(C)CC3)cn2)C1. The average molecular weight is 368 g/mol. The van der Waals surface area contributed by atoms with Crippen molar-refractivity contribution in [2.24, 2.45) is 0 Å². The van der Waals surface area contributed by atoms with Crippen LogP contribution < -0.4 is 15.0 Å². The minimum atomic E-state index is -0.263. The third kappa shape index (κ3) is 3.62. The highest BCUT2D eigenvalue weighted by molar-refractivity contribution is 5.73. The molecule has 2 aliphatic rings. The second-order valence-corrected chi connectivity index (χ2v) is 7.14. The van der Waals surface area contributed by atoms with Gasteiger partial charge in [0.1, 0.15) is 11.6 Å². The van der Waals surface area contributed by atoms with Gasteiger partial charge in [-0.3, -0.25) is 4.98 Å². The summed E-state index contributed by atoms with van der Waals surface area (Å²) in [4.78, 5) is 9.38. The molecule has 1 aromatic heterocycles. The van der Waals surface area contributed by atoms with Crippen LogP contribution >= 0.6 is 0 Å². The van der Waals surface area contributed by atoms with E-state index in [1.807, 2.05) is 12.4 Å². The van der Waals surface area contributed by atoms with Gasteiger partial charge in [-0.05, 0) is 36.9 Å². The van der Waals surface area contributed by atoms with Gasteiger partial charge in [-0.25, -0.2) is 4.39 Å². The Hall–Kier alpha value is -2.60. The first kappa shape index (κ1) is 17.8. The summed E-state index contributed by atoms with van der Waals surface area (Å²) >= 11 is 0. The molecule has 1 saturated heterocycles. The Morgan fingerprint density at radius 3 is 2.67 bits per heavy atom. The molecule has 1 fully saturated rings. The number of likely N-dealkylation sites (N-methyl/N-ethyl adjacent to an activating group) is 1. The summed E-state index contributed by atoms with van der Waals surface area (Å²) in [5, 5.41) is 3.34. The molecule has 2 aliphatic heterocycles. The fourth-order valence-electron chi connectivity index (χ4n) is 3.74. The standard InChI is InChI=1S/C21H25FN4O/c1-25-8-10-26(11-9-25)16-6-7-18(24-14-16)19-12-15(13-23-19)21-17(22)4-3-5-20(21)27-2/h3-7,13-14,19,23H,8-12H2,1-2H3. The summed E-state index contributed by atoms with van der Waals surface area (Å²) in [5.41, 5.74) is 3.56. The molecule has 1 N–H and O–H groups in total. The van der Waals surface area contributed by atoms with E-state index in [1.165, 1.54) is 6.07 Å². The third-order valence-electron chi connectivity index (χ3n) is 5.40. The van der Waals surface area contributed by atoms with Crippen LogP contribution in [0, 0.1) is 5.82 Å². The number of rotatable bonds is 4. The zero-order chi connectivity index (χ0) is 18.8. The van der Waals surface area contributed by atoms with Gasteiger partial charge in [0.25, 0.3) is 0 Å². The van der Waals surface area contributed by atoms with E-state index in [-0.39, 0.29) is 11.9 Å². The van der Waals surface area contributed by atoms with Gasteiger partial charge in [0.2, 0.25) is 0 Å². The first-order chi connectivity index (χ1) is 13.2. The Morgan fingerprint density at radius 1 is 1.15 bits per heavy atom. The van der Waals surface area contributed by atoms with Crippen LogP contribution in [0.5, 0.6) is 5.75 Å². The highest BCUT2D eigenvalue weighted by Crippen LogP contribution is 2.37. The maximum absolute atomic E-state index is 14.3. The molecule has 0 saturated carbocycles. The van der Waals surface area contributed by atoms with Gasteiger partial charge in [0.05, 0.1) is 36.3 Å². The Balaban J connectivity index is 1.46. The van der Waals surface area contributed by atoms with Crippen molar-refractivity contribution in [3.05, 3.63) is 59.8 Å². The monoisotopic (exact) mass is 368 g/mol. The number of hydrogen-bond acceptors (Lipinski definition) is 5. The van der Waals surface area contributed by atoms with Crippen LogP contribution in [-0.4, -0.2) is 50.2 Å². The van der Waals surface area contributed by atoms with Gasteiger partial charge in [-0.1, -0.05) is 6.07 Å². The minimum Gasteiger partial charge on any atom is -0.496 e. The highest BCUT2D eigenvalue weighted by atomic mass is 19.1. The van der Waals surface area contributed by atoms with Crippen LogP contribution in [0.2, 0.25) is 0 Å². The van der Waals surface area contributed by atoms with Crippen LogP contribution in [-0.2, 0) is 0 Å². The van der Waals surface area contributed by atoms with Crippen LogP contribution in [0.3, 0.4) is 0 Å². The smallest absolute Gasteiger partial charge is 0.134 e. The Kier molecular flexibility index (Phi) is 4.99. The van der Waals surface area contributed by atoms with Gasteiger partial charge in [-0.15, -0.1) is 0 Å². The molecule has 1 atom stereocenters. The summed E-state index contributed by atoms with van der Waals surface area (Å²) in [5.74, 6) is 0.295. The van der Waals surface area contributed by atoms with E-state index in [0.717, 1.165) is 43.1 Å². The van der Waals surface area contributed by atoms with Crippen molar-refractivity contribution in [3.63, 3.8) is 0 Å². The number of anilines is 1. The predicted octanol–water partition coefficient (Wildman–Crippen LogP) is 3.06. The molecule has 3 heterocycles. The van der Waals surface area contributed by atoms with E-state index < -0.39 is 0 Å². The molecule has 4 rings (SSSR count). The zero-order valence-corrected chi connectivity index (χ0v) is 15.8. The minimum absolute atomic E-state index is 0.0471. The first-order valence-electron chi connectivity index (χ1n) is 9.33. The maximum Gasteiger partial charge on any atom is 0.134 e. The van der Waals surface area contributed by atoms with Crippen molar-refractivity contribution < 1.29 is 9.13 Å². The predicted molar refractivity (Wildman–Crippen MR) is 105 cm³/mol. The number of benzene rings is 1. The molecule has 0 radical (unpaired) electrons. The molecule has 1 unspecified atom stereocenters. The number of piperazine rings is 1. The quantitative estimate of drug-likeness (QED) is 0.898. The van der Waals surface area contributed by atoms with E-state index in [9.17, 15) is 4.39 Å². The molecular formula is C21H25FN4O. The number of nitrogens with zero attached hydrogens (tertiary/aromatic N) is 3. The molecule has 0 bridgehead atoms. The molecule has 142 valence electrons. The Labute approximate surface area is 159 Å². The number of hydrogen-bond donors (Lipinski definition) is 1. The highest BCUT2D eigenvalue weighted by Gasteiger charge is 2.25. The number of pyridine rings is 1. The molecule has 5 nitrogen and oxygen atoms in total. The first-order valence-corrected chi connectivity index (χ1v) is 9.33. The molecular weight excluding hydrogens is 343 g/mol. The lowest BCUT2D eigenvalue weighted by Crippen LogP contribution is -2.44. The number of halogens is 1. The van der Waals surface area contributed by atoms with Gasteiger partial charge in [-0.2, -0.15) is 0 Å². The molecule has 2 aromatic rings. The van der Waals surface area contributed by atoms with Gasteiger partial charge >= 0.3 is 0 Å². The fraction of sp³-hybridized carbons (Fsp3) is 0.381. The normalized spacial score (nSPS) is 20.3. The zero-order valence-electron chi connectivity index (χ0n) is 15.8. The van der Waals surface area contributed by atoms with Crippen molar-refractivity contribution >= 4 is 11.3 Å². The number of aromatic nitrogens is 1. The lowest BCUT2D eigenvalue weighted by molar-refractivity contribution is 0.313. The fourth-order valence-corrected chi connectivity index (χ4v) is 3.74. The molecule has 27 heavy (non-hydrogen) atoms. The topological polar surface area (TPSA) is 40.6 Å². The molecule has 0 aliphatic carbocycles. The number of nitrogens with one attached hydrogen (secondary N) is 1. The molecule has 0 amide bonds. The van der Waals surface area contributed by atoms with Crippen molar-refractivity contribution in [3.8, 4) is 5.75 Å². The summed E-state index contributed by atoms with van der Waals surface area (Å²) < 4.78 is 19.7. The molecule has 1 aromatic carbocycles. The second-order valence-electron chi connectivity index (χ2n) is 7.14. The van der Waals surface area contributed by atoms with Crippen molar-refractivity contribution in [1.82, 2.24) is 15.2 Å². The van der Waals surface area contributed by atoms with Gasteiger partial charge in [0.15, 0.2) is 0 Å². The van der Waals surface area contributed by atoms with E-state index in [2.05, 4.69) is 39.3 Å². The Morgan fingerprint density at radius 2 is 1.96 bits per heavy atom. The van der Waals surface area contributed by atoms with Crippen LogP contribution in [0.15, 0.2) is 42.7 Å². The summed E-state index contributed by atoms with van der Waals surface area (Å²) in [7, 11) is 3.72. The van der Waals surface area contributed by atoms with E-state index >= 15 is 0 Å². The van der Waals surface area contributed by atoms with E-state index in [0.29, 0.717) is 17.7 Å².